The number of fused-ring (bicyclic) bond motifs is 1. The van der Waals surface area contributed by atoms with E-state index in [4.69, 9.17) is 5.73 Å². The van der Waals surface area contributed by atoms with Crippen molar-refractivity contribution in [2.24, 2.45) is 14.5 Å². The molecule has 3 N–H and O–H groups in total. The number of nitrogens with zero attached hydrogens (tertiary/aromatic N) is 5. The lowest BCUT2D eigenvalue weighted by atomic mass is 10.2. The second-order valence-corrected chi connectivity index (χ2v) is 4.96. The highest BCUT2D eigenvalue weighted by Crippen LogP contribution is 2.38. The molecular weight excluding hydrogens is 290 g/mol. The number of hydrogen-bond acceptors (Lipinski definition) is 6. The van der Waals surface area contributed by atoms with Crippen LogP contribution in [-0.2, 0) is 29.1 Å². The summed E-state index contributed by atoms with van der Waals surface area (Å²) in [6, 6.07) is 5.47. The zero-order chi connectivity index (χ0) is 14.7. The van der Waals surface area contributed by atoms with Gasteiger partial charge in [-0.05, 0) is 18.7 Å². The number of benzene rings is 1. The van der Waals surface area contributed by atoms with Gasteiger partial charge in [0.1, 0.15) is 17.9 Å². The topological polar surface area (TPSA) is 111 Å². The molecule has 1 aromatic heterocycles. The minimum absolute atomic E-state index is 0.0888. The Kier molecular flexibility index (Phi) is 3.84. The van der Waals surface area contributed by atoms with Gasteiger partial charge in [0.2, 0.25) is 5.91 Å². The van der Waals surface area contributed by atoms with Crippen molar-refractivity contribution in [1.29, 1.82) is 0 Å². The number of carbonyl (C=O) groups is 1. The number of rotatable bonds is 5. The summed E-state index contributed by atoms with van der Waals surface area (Å²) in [7, 11) is 0. The van der Waals surface area contributed by atoms with E-state index < -0.39 is 0 Å². The number of carbonyl (C=O) groups excluding carboxylic acids is 1. The Balaban J connectivity index is 1.67. The van der Waals surface area contributed by atoms with Crippen molar-refractivity contribution >= 4 is 34.3 Å². The number of aromatic nitrogens is 3. The molecule has 0 fully saturated rings. The Morgan fingerprint density at radius 2 is 2.29 bits per heavy atom. The van der Waals surface area contributed by atoms with Crippen molar-refractivity contribution in [3.8, 4) is 0 Å². The molecule has 0 spiro atoms. The Morgan fingerprint density at radius 3 is 3.14 bits per heavy atom. The first kappa shape index (κ1) is 13.6. The van der Waals surface area contributed by atoms with E-state index >= 15 is 0 Å². The molecule has 0 atom stereocenters. The lowest BCUT2D eigenvalue weighted by Gasteiger charge is -2.07. The molecule has 3 rings (SSSR count). The van der Waals surface area contributed by atoms with Crippen LogP contribution in [0.1, 0.15) is 5.69 Å². The Morgan fingerprint density at radius 1 is 1.38 bits per heavy atom. The average Bonchev–Trinajstić information content (AvgIpc) is 3.09. The van der Waals surface area contributed by atoms with Crippen LogP contribution in [0, 0.1) is 0 Å². The van der Waals surface area contributed by atoms with Gasteiger partial charge in [-0.15, -0.1) is 5.10 Å². The fourth-order valence-electron chi connectivity index (χ4n) is 1.92. The summed E-state index contributed by atoms with van der Waals surface area (Å²) in [6.45, 7) is 0.592. The molecule has 0 saturated heterocycles. The van der Waals surface area contributed by atoms with Crippen molar-refractivity contribution in [1.82, 2.24) is 15.0 Å². The maximum Gasteiger partial charge on any atom is 0.246 e. The van der Waals surface area contributed by atoms with E-state index in [0.717, 1.165) is 22.7 Å². The molecule has 1 amide bonds. The maximum absolute atomic E-state index is 12.0. The minimum atomic E-state index is -0.195. The van der Waals surface area contributed by atoms with Gasteiger partial charge in [0.05, 0.1) is 22.7 Å². The molecular formula is C12H13N7OS. The fourth-order valence-corrected chi connectivity index (χ4v) is 2.47. The van der Waals surface area contributed by atoms with Crippen molar-refractivity contribution in [2.45, 2.75) is 13.0 Å². The van der Waals surface area contributed by atoms with Crippen LogP contribution in [0.4, 0.5) is 17.1 Å². The smallest absolute Gasteiger partial charge is 0.246 e. The molecule has 21 heavy (non-hydrogen) atoms. The Hall–Kier alpha value is -2.39. The molecule has 108 valence electrons. The molecule has 8 nitrogen and oxygen atoms in total. The standard InChI is InChI=1S/C12H13N7OS/c13-5-4-8-6-19(18-15-8)7-11(20)14-9-2-1-3-10-12(9)17-21-16-10/h1-3,6H,4-5,7,13H2,(H,14,20). The molecule has 2 heterocycles. The zero-order valence-corrected chi connectivity index (χ0v) is 11.9. The van der Waals surface area contributed by atoms with Crippen molar-refractivity contribution in [3.05, 3.63) is 30.1 Å². The molecule has 0 saturated carbocycles. The predicted octanol–water partition coefficient (Wildman–Crippen LogP) is 1.14. The Labute approximate surface area is 124 Å². The fraction of sp³-hybridized carbons (Fsp3) is 0.250. The first-order valence-corrected chi connectivity index (χ1v) is 7.09. The van der Waals surface area contributed by atoms with Gasteiger partial charge in [0.15, 0.2) is 0 Å². The first-order chi connectivity index (χ1) is 10.3. The van der Waals surface area contributed by atoms with E-state index in [0.29, 0.717) is 24.3 Å². The van der Waals surface area contributed by atoms with Crippen LogP contribution in [-0.4, -0.2) is 27.4 Å². The molecule has 1 aromatic carbocycles. The molecule has 2 aromatic rings. The van der Waals surface area contributed by atoms with E-state index in [2.05, 4.69) is 24.4 Å². The monoisotopic (exact) mass is 303 g/mol. The highest BCUT2D eigenvalue weighted by molar-refractivity contribution is 7.58. The van der Waals surface area contributed by atoms with Gasteiger partial charge in [-0.3, -0.25) is 4.79 Å². The van der Waals surface area contributed by atoms with Crippen molar-refractivity contribution < 1.29 is 4.79 Å². The van der Waals surface area contributed by atoms with Crippen LogP contribution in [0.5, 0.6) is 0 Å². The normalized spacial score (nSPS) is 12.0. The molecule has 0 bridgehead atoms. The number of anilines is 1. The van der Waals surface area contributed by atoms with Crippen molar-refractivity contribution in [2.75, 3.05) is 11.9 Å². The number of amides is 1. The molecule has 1 aliphatic rings. The van der Waals surface area contributed by atoms with Crippen LogP contribution in [0.25, 0.3) is 0 Å². The summed E-state index contributed by atoms with van der Waals surface area (Å²) in [6.07, 6.45) is 2.36. The molecule has 1 aliphatic heterocycles. The summed E-state index contributed by atoms with van der Waals surface area (Å²) < 4.78 is 9.79. The van der Waals surface area contributed by atoms with Gasteiger partial charge < -0.3 is 11.1 Å². The molecule has 0 unspecified atom stereocenters. The summed E-state index contributed by atoms with van der Waals surface area (Å²) >= 11 is 1.12. The SMILES string of the molecule is NCCc1cn(CC(=O)Nc2cccc3c2N=S=N3)nn1. The van der Waals surface area contributed by atoms with E-state index in [9.17, 15) is 4.79 Å². The van der Waals surface area contributed by atoms with Gasteiger partial charge in [0.25, 0.3) is 0 Å². The number of nitrogens with one attached hydrogen (secondary N) is 1. The quantitative estimate of drug-likeness (QED) is 0.736. The highest BCUT2D eigenvalue weighted by atomic mass is 32.1. The minimum Gasteiger partial charge on any atom is -0.330 e. The zero-order valence-electron chi connectivity index (χ0n) is 11.1. The first-order valence-electron chi connectivity index (χ1n) is 6.36. The molecule has 9 heteroatoms. The van der Waals surface area contributed by atoms with E-state index in [-0.39, 0.29) is 12.5 Å². The Bertz CT molecular complexity index is 748. The van der Waals surface area contributed by atoms with E-state index in [1.807, 2.05) is 12.1 Å². The largest absolute Gasteiger partial charge is 0.330 e. The summed E-state index contributed by atoms with van der Waals surface area (Å²) in [5, 5.41) is 10.6. The molecule has 0 aliphatic carbocycles. The average molecular weight is 303 g/mol. The second-order valence-electron chi connectivity index (χ2n) is 4.43. The van der Waals surface area contributed by atoms with Crippen LogP contribution >= 0.6 is 0 Å². The van der Waals surface area contributed by atoms with E-state index in [1.165, 1.54) is 4.68 Å². The maximum atomic E-state index is 12.0. The van der Waals surface area contributed by atoms with Crippen LogP contribution in [0.3, 0.4) is 0 Å². The third-order valence-corrected chi connectivity index (χ3v) is 3.39. The van der Waals surface area contributed by atoms with Gasteiger partial charge in [0, 0.05) is 12.6 Å². The number of hydrogen-bond donors (Lipinski definition) is 2. The third-order valence-electron chi connectivity index (χ3n) is 2.85. The highest BCUT2D eigenvalue weighted by Gasteiger charge is 2.13. The van der Waals surface area contributed by atoms with Crippen LogP contribution in [0.2, 0.25) is 0 Å². The molecule has 0 radical (unpaired) electrons. The van der Waals surface area contributed by atoms with Crippen LogP contribution < -0.4 is 11.1 Å². The van der Waals surface area contributed by atoms with Gasteiger partial charge in [-0.2, -0.15) is 8.73 Å². The number of nitrogens with two attached hydrogens (primary N) is 1. The third kappa shape index (κ3) is 3.03. The summed E-state index contributed by atoms with van der Waals surface area (Å²) in [4.78, 5) is 12.0. The van der Waals surface area contributed by atoms with Gasteiger partial charge in [-0.1, -0.05) is 11.3 Å². The summed E-state index contributed by atoms with van der Waals surface area (Å²) in [5.41, 5.74) is 8.33. The van der Waals surface area contributed by atoms with Crippen LogP contribution in [0.15, 0.2) is 33.1 Å². The lowest BCUT2D eigenvalue weighted by Crippen LogP contribution is -2.19. The lowest BCUT2D eigenvalue weighted by molar-refractivity contribution is -0.116. The predicted molar refractivity (Wildman–Crippen MR) is 79.4 cm³/mol. The van der Waals surface area contributed by atoms with Gasteiger partial charge >= 0.3 is 0 Å². The second kappa shape index (κ2) is 5.94. The van der Waals surface area contributed by atoms with Crippen molar-refractivity contribution in [3.63, 3.8) is 0 Å². The summed E-state index contributed by atoms with van der Waals surface area (Å²) in [5.74, 6) is -0.195. The van der Waals surface area contributed by atoms with E-state index in [1.54, 1.807) is 12.3 Å². The van der Waals surface area contributed by atoms with Gasteiger partial charge in [-0.25, -0.2) is 4.68 Å².